The summed E-state index contributed by atoms with van der Waals surface area (Å²) in [5, 5.41) is 0. The summed E-state index contributed by atoms with van der Waals surface area (Å²) in [6.45, 7) is 6.08. The molecule has 0 atom stereocenters. The van der Waals surface area contributed by atoms with Crippen LogP contribution >= 0.6 is 0 Å². The number of carbonyl (C=O) groups is 1. The Morgan fingerprint density at radius 1 is 0.882 bits per heavy atom. The summed E-state index contributed by atoms with van der Waals surface area (Å²) in [7, 11) is 0. The summed E-state index contributed by atoms with van der Waals surface area (Å²) in [6.07, 6.45) is 14.5. The van der Waals surface area contributed by atoms with Crippen molar-refractivity contribution in [2.75, 3.05) is 49.1 Å². The van der Waals surface area contributed by atoms with Gasteiger partial charge in [0.1, 0.15) is 5.69 Å². The van der Waals surface area contributed by atoms with Gasteiger partial charge in [-0.3, -0.25) is 9.78 Å². The van der Waals surface area contributed by atoms with Crippen LogP contribution in [0.25, 0.3) is 11.1 Å². The van der Waals surface area contributed by atoms with E-state index in [0.717, 1.165) is 68.6 Å². The lowest BCUT2D eigenvalue weighted by atomic mass is 10.2. The van der Waals surface area contributed by atoms with E-state index in [1.165, 1.54) is 31.4 Å². The van der Waals surface area contributed by atoms with Crippen LogP contribution in [0.4, 0.5) is 11.6 Å². The summed E-state index contributed by atoms with van der Waals surface area (Å²) in [6, 6.07) is 6.09. The molecule has 1 saturated carbocycles. The number of hydrogen-bond acceptors (Lipinski definition) is 6. The molecule has 3 fully saturated rings. The molecule has 0 radical (unpaired) electrons. The zero-order valence-electron chi connectivity index (χ0n) is 19.5. The lowest BCUT2D eigenvalue weighted by molar-refractivity contribution is 0.0735. The molecule has 3 aliphatic rings. The maximum Gasteiger partial charge on any atom is 0.270 e. The quantitative estimate of drug-likeness (QED) is 0.566. The zero-order chi connectivity index (χ0) is 22.9. The topological polar surface area (TPSA) is 70.4 Å². The third kappa shape index (κ3) is 4.36. The highest BCUT2D eigenvalue weighted by Crippen LogP contribution is 2.33. The molecule has 176 valence electrons. The van der Waals surface area contributed by atoms with Gasteiger partial charge in [-0.05, 0) is 49.8 Å². The van der Waals surface area contributed by atoms with Crippen LogP contribution in [0, 0.1) is 5.92 Å². The van der Waals surface area contributed by atoms with Crippen LogP contribution in [0.3, 0.4) is 0 Å². The number of nitrogens with zero attached hydrogens (tertiary/aromatic N) is 7. The number of hydrogen-bond donors (Lipinski definition) is 0. The second-order valence-corrected chi connectivity index (χ2v) is 9.66. The highest BCUT2D eigenvalue weighted by atomic mass is 16.2. The lowest BCUT2D eigenvalue weighted by Crippen LogP contribution is -2.49. The third-order valence-electron chi connectivity index (χ3n) is 7.22. The Kier molecular flexibility index (Phi) is 5.65. The number of aromatic nitrogens is 4. The van der Waals surface area contributed by atoms with Crippen molar-refractivity contribution in [1.82, 2.24) is 24.4 Å². The maximum atomic E-state index is 13.6. The molecule has 0 unspecified atom stereocenters. The maximum absolute atomic E-state index is 13.6. The average Bonchev–Trinajstić information content (AvgIpc) is 3.36. The summed E-state index contributed by atoms with van der Waals surface area (Å²) < 4.78 is 2.17. The van der Waals surface area contributed by atoms with E-state index in [2.05, 4.69) is 35.5 Å². The molecule has 0 bridgehead atoms. The fourth-order valence-corrected chi connectivity index (χ4v) is 5.01. The molecular weight excluding hydrogens is 426 g/mol. The van der Waals surface area contributed by atoms with Gasteiger partial charge in [-0.1, -0.05) is 0 Å². The minimum Gasteiger partial charge on any atom is -0.368 e. The first-order valence-electron chi connectivity index (χ1n) is 12.5. The monoisotopic (exact) mass is 457 g/mol. The molecule has 0 N–H and O–H groups in total. The lowest BCUT2D eigenvalue weighted by Gasteiger charge is -2.36. The molecule has 8 nitrogen and oxygen atoms in total. The average molecular weight is 458 g/mol. The molecular formula is C26H31N7O. The molecule has 1 aliphatic carbocycles. The van der Waals surface area contributed by atoms with Gasteiger partial charge in [-0.25, -0.2) is 9.97 Å². The van der Waals surface area contributed by atoms with Gasteiger partial charge >= 0.3 is 0 Å². The van der Waals surface area contributed by atoms with Gasteiger partial charge in [-0.2, -0.15) is 0 Å². The first kappa shape index (κ1) is 21.1. The van der Waals surface area contributed by atoms with Gasteiger partial charge in [0.25, 0.3) is 5.91 Å². The summed E-state index contributed by atoms with van der Waals surface area (Å²) >= 11 is 0. The Bertz CT molecular complexity index is 1130. The highest BCUT2D eigenvalue weighted by molar-refractivity contribution is 5.94. The Labute approximate surface area is 200 Å². The van der Waals surface area contributed by atoms with Crippen molar-refractivity contribution in [3.63, 3.8) is 0 Å². The molecule has 34 heavy (non-hydrogen) atoms. The normalized spacial score (nSPS) is 18.5. The molecule has 2 saturated heterocycles. The molecule has 3 aromatic rings. The molecule has 8 heteroatoms. The van der Waals surface area contributed by atoms with Crippen molar-refractivity contribution in [1.29, 1.82) is 0 Å². The van der Waals surface area contributed by atoms with Gasteiger partial charge in [0.15, 0.2) is 0 Å². The van der Waals surface area contributed by atoms with Gasteiger partial charge < -0.3 is 19.3 Å². The molecule has 0 aromatic carbocycles. The Morgan fingerprint density at radius 2 is 1.59 bits per heavy atom. The third-order valence-corrected chi connectivity index (χ3v) is 7.22. The van der Waals surface area contributed by atoms with Crippen molar-refractivity contribution in [3.05, 3.63) is 54.9 Å². The number of piperazine rings is 1. The first-order chi connectivity index (χ1) is 16.7. The van der Waals surface area contributed by atoms with E-state index in [4.69, 9.17) is 0 Å². The van der Waals surface area contributed by atoms with E-state index < -0.39 is 0 Å². The van der Waals surface area contributed by atoms with Crippen molar-refractivity contribution in [2.24, 2.45) is 5.92 Å². The predicted molar refractivity (Wildman–Crippen MR) is 132 cm³/mol. The van der Waals surface area contributed by atoms with Crippen LogP contribution in [-0.2, 0) is 6.54 Å². The van der Waals surface area contributed by atoms with Crippen LogP contribution < -0.4 is 9.80 Å². The largest absolute Gasteiger partial charge is 0.368 e. The van der Waals surface area contributed by atoms with Gasteiger partial charge in [-0.15, -0.1) is 0 Å². The van der Waals surface area contributed by atoms with E-state index in [9.17, 15) is 4.79 Å². The van der Waals surface area contributed by atoms with Crippen molar-refractivity contribution < 1.29 is 4.79 Å². The predicted octanol–water partition coefficient (Wildman–Crippen LogP) is 3.31. The second kappa shape index (κ2) is 9.08. The minimum absolute atomic E-state index is 0.121. The first-order valence-corrected chi connectivity index (χ1v) is 12.5. The van der Waals surface area contributed by atoms with E-state index in [1.54, 1.807) is 0 Å². The molecule has 3 aromatic heterocycles. The van der Waals surface area contributed by atoms with Gasteiger partial charge in [0.05, 0.1) is 0 Å². The smallest absolute Gasteiger partial charge is 0.270 e. The molecule has 5 heterocycles. The fourth-order valence-electron chi connectivity index (χ4n) is 5.01. The molecule has 2 aliphatic heterocycles. The van der Waals surface area contributed by atoms with Crippen LogP contribution in [0.2, 0.25) is 0 Å². The summed E-state index contributed by atoms with van der Waals surface area (Å²) in [4.78, 5) is 33.5. The second-order valence-electron chi connectivity index (χ2n) is 9.66. The van der Waals surface area contributed by atoms with Crippen molar-refractivity contribution in [2.45, 2.75) is 32.2 Å². The van der Waals surface area contributed by atoms with Gasteiger partial charge in [0, 0.05) is 93.6 Å². The number of anilines is 2. The number of carbonyl (C=O) groups excluding carboxylic acids is 1. The Balaban J connectivity index is 1.19. The van der Waals surface area contributed by atoms with Crippen molar-refractivity contribution >= 4 is 17.5 Å². The van der Waals surface area contributed by atoms with Crippen LogP contribution in [0.5, 0.6) is 0 Å². The summed E-state index contributed by atoms with van der Waals surface area (Å²) in [5.41, 5.74) is 3.93. The van der Waals surface area contributed by atoms with Crippen LogP contribution in [0.15, 0.2) is 49.2 Å². The minimum atomic E-state index is 0.121. The molecule has 6 rings (SSSR count). The number of amides is 1. The van der Waals surface area contributed by atoms with Crippen LogP contribution in [0.1, 0.15) is 36.2 Å². The number of pyridine rings is 1. The Hall–Kier alpha value is -3.42. The van der Waals surface area contributed by atoms with E-state index in [1.807, 2.05) is 47.9 Å². The zero-order valence-corrected chi connectivity index (χ0v) is 19.5. The SMILES string of the molecule is O=C(c1cc(-c2cnc(N3CCCC3)nc2)cn1CC1CC1)N1CCN(c2ccncc2)CC1. The standard InChI is InChI=1S/C26H31N7O/c34-25(31-13-11-30(12-14-31)23-5-7-27-8-6-23)24-15-21(19-33(24)18-20-3-4-20)22-16-28-26(29-17-22)32-9-1-2-10-32/h5-8,15-17,19-20H,1-4,9-14,18H2. The van der Waals surface area contributed by atoms with E-state index in [0.29, 0.717) is 5.92 Å². The summed E-state index contributed by atoms with van der Waals surface area (Å²) in [5.74, 6) is 1.61. The van der Waals surface area contributed by atoms with Gasteiger partial charge in [0.2, 0.25) is 5.95 Å². The number of rotatable bonds is 6. The highest BCUT2D eigenvalue weighted by Gasteiger charge is 2.28. The van der Waals surface area contributed by atoms with E-state index >= 15 is 0 Å². The molecule has 1 amide bonds. The van der Waals surface area contributed by atoms with Crippen LogP contribution in [-0.4, -0.2) is 69.6 Å². The van der Waals surface area contributed by atoms with E-state index in [-0.39, 0.29) is 5.91 Å². The fraction of sp³-hybridized carbons (Fsp3) is 0.462. The van der Waals surface area contributed by atoms with Crippen molar-refractivity contribution in [3.8, 4) is 11.1 Å². The Morgan fingerprint density at radius 3 is 2.26 bits per heavy atom. The molecule has 0 spiro atoms.